The molecule has 1 aromatic carbocycles. The molecule has 0 bridgehead atoms. The second-order valence-corrected chi connectivity index (χ2v) is 4.12. The van der Waals surface area contributed by atoms with Crippen molar-refractivity contribution in [1.29, 1.82) is 21.0 Å². The van der Waals surface area contributed by atoms with Gasteiger partial charge in [0.05, 0.1) is 18.1 Å². The van der Waals surface area contributed by atoms with Gasteiger partial charge in [0.1, 0.15) is 23.8 Å². The number of nitriles is 4. The minimum Gasteiger partial charge on any atom is -0.371 e. The van der Waals surface area contributed by atoms with Gasteiger partial charge < -0.3 is 4.90 Å². The van der Waals surface area contributed by atoms with Gasteiger partial charge in [0.15, 0.2) is 0 Å². The van der Waals surface area contributed by atoms with Crippen LogP contribution in [0.1, 0.15) is 18.9 Å². The van der Waals surface area contributed by atoms with Crippen molar-refractivity contribution in [2.45, 2.75) is 13.3 Å². The molecule has 1 aromatic rings. The molecule has 5 heteroatoms. The van der Waals surface area contributed by atoms with Gasteiger partial charge in [-0.15, -0.1) is 0 Å². The van der Waals surface area contributed by atoms with Crippen LogP contribution in [0.25, 0.3) is 5.57 Å². The van der Waals surface area contributed by atoms with Crippen molar-refractivity contribution < 1.29 is 0 Å². The smallest absolute Gasteiger partial charge is 0.148 e. The van der Waals surface area contributed by atoms with Crippen LogP contribution in [0.15, 0.2) is 29.8 Å². The monoisotopic (exact) mass is 275 g/mol. The highest BCUT2D eigenvalue weighted by atomic mass is 15.1. The van der Waals surface area contributed by atoms with Crippen molar-refractivity contribution in [3.05, 3.63) is 35.4 Å². The molecule has 0 N–H and O–H groups in total. The fourth-order valence-corrected chi connectivity index (χ4v) is 1.90. The highest BCUT2D eigenvalue weighted by molar-refractivity contribution is 5.84. The van der Waals surface area contributed by atoms with Gasteiger partial charge in [-0.25, -0.2) is 0 Å². The fraction of sp³-hybridized carbons (Fsp3) is 0.250. The first-order valence-corrected chi connectivity index (χ1v) is 6.38. The number of allylic oxidation sites excluding steroid dienone is 2. The molecule has 1 rings (SSSR count). The van der Waals surface area contributed by atoms with E-state index in [0.717, 1.165) is 12.2 Å². The van der Waals surface area contributed by atoms with Gasteiger partial charge in [0.25, 0.3) is 0 Å². The first-order chi connectivity index (χ1) is 10.2. The zero-order valence-electron chi connectivity index (χ0n) is 11.7. The molecule has 0 radical (unpaired) electrons. The van der Waals surface area contributed by atoms with Crippen LogP contribution < -0.4 is 4.90 Å². The Morgan fingerprint density at radius 3 is 2.05 bits per heavy atom. The Balaban J connectivity index is 3.11. The Bertz CT molecular complexity index is 671. The lowest BCUT2D eigenvalue weighted by molar-refractivity contribution is 0.827. The molecule has 0 unspecified atom stereocenters. The second kappa shape index (κ2) is 8.00. The van der Waals surface area contributed by atoms with E-state index >= 15 is 0 Å². The van der Waals surface area contributed by atoms with Crippen LogP contribution in [0.5, 0.6) is 0 Å². The predicted molar refractivity (Wildman–Crippen MR) is 78.3 cm³/mol. The van der Waals surface area contributed by atoms with Crippen LogP contribution in [-0.2, 0) is 0 Å². The van der Waals surface area contributed by atoms with E-state index in [-0.39, 0.29) is 11.1 Å². The largest absolute Gasteiger partial charge is 0.371 e. The molecule has 0 aliphatic rings. The van der Waals surface area contributed by atoms with Crippen molar-refractivity contribution in [3.63, 3.8) is 0 Å². The maximum atomic E-state index is 9.10. The van der Waals surface area contributed by atoms with Gasteiger partial charge in [-0.05, 0) is 24.6 Å². The lowest BCUT2D eigenvalue weighted by Gasteiger charge is -2.21. The predicted octanol–water partition coefficient (Wildman–Crippen LogP) is 2.75. The Labute approximate surface area is 124 Å². The topological polar surface area (TPSA) is 98.4 Å². The molecule has 0 aliphatic heterocycles. The summed E-state index contributed by atoms with van der Waals surface area (Å²) in [5, 5.41) is 35.4. The minimum absolute atomic E-state index is 0.0756. The zero-order chi connectivity index (χ0) is 15.7. The van der Waals surface area contributed by atoms with Crippen LogP contribution in [0.3, 0.4) is 0 Å². The van der Waals surface area contributed by atoms with Gasteiger partial charge in [0, 0.05) is 18.8 Å². The molecular formula is C16H13N5. The van der Waals surface area contributed by atoms with Crippen molar-refractivity contribution in [1.82, 2.24) is 0 Å². The fourth-order valence-electron chi connectivity index (χ4n) is 1.90. The Hall–Kier alpha value is -3.28. The molecule has 0 atom stereocenters. The lowest BCUT2D eigenvalue weighted by Crippen LogP contribution is -2.23. The van der Waals surface area contributed by atoms with Gasteiger partial charge >= 0.3 is 0 Å². The summed E-state index contributed by atoms with van der Waals surface area (Å²) in [5.74, 6) is 0. The Morgan fingerprint density at radius 2 is 1.62 bits per heavy atom. The summed E-state index contributed by atoms with van der Waals surface area (Å²) in [7, 11) is 0. The van der Waals surface area contributed by atoms with E-state index in [1.165, 1.54) is 0 Å². The molecule has 5 nitrogen and oxygen atoms in total. The first-order valence-electron chi connectivity index (χ1n) is 6.38. The quantitative estimate of drug-likeness (QED) is 0.769. The molecule has 0 heterocycles. The number of hydrogen-bond donors (Lipinski definition) is 0. The van der Waals surface area contributed by atoms with Crippen LogP contribution in [-0.4, -0.2) is 13.1 Å². The van der Waals surface area contributed by atoms with Gasteiger partial charge in [-0.2, -0.15) is 21.0 Å². The van der Waals surface area contributed by atoms with Crippen LogP contribution in [0.2, 0.25) is 0 Å². The third-order valence-electron chi connectivity index (χ3n) is 2.98. The molecule has 0 aromatic heterocycles. The molecule has 0 saturated heterocycles. The highest BCUT2D eigenvalue weighted by Crippen LogP contribution is 2.22. The molecule has 0 aliphatic carbocycles. The van der Waals surface area contributed by atoms with Crippen LogP contribution >= 0.6 is 0 Å². The summed E-state index contributed by atoms with van der Waals surface area (Å²) in [6.45, 7) is 3.40. The molecule has 21 heavy (non-hydrogen) atoms. The second-order valence-electron chi connectivity index (χ2n) is 4.12. The molecule has 0 saturated carbocycles. The average Bonchev–Trinajstić information content (AvgIpc) is 2.54. The number of hydrogen-bond acceptors (Lipinski definition) is 5. The minimum atomic E-state index is -0.193. The van der Waals surface area contributed by atoms with E-state index in [0.29, 0.717) is 18.5 Å². The van der Waals surface area contributed by atoms with Crippen molar-refractivity contribution in [2.75, 3.05) is 18.0 Å². The maximum Gasteiger partial charge on any atom is 0.148 e. The normalized spacial score (nSPS) is 8.62. The van der Waals surface area contributed by atoms with Crippen molar-refractivity contribution in [2.24, 2.45) is 0 Å². The van der Waals surface area contributed by atoms with E-state index in [1.807, 2.05) is 30.0 Å². The summed E-state index contributed by atoms with van der Waals surface area (Å²) >= 11 is 0. The summed E-state index contributed by atoms with van der Waals surface area (Å²) in [4.78, 5) is 2.04. The Morgan fingerprint density at radius 1 is 1.00 bits per heavy atom. The third-order valence-corrected chi connectivity index (χ3v) is 2.98. The van der Waals surface area contributed by atoms with Gasteiger partial charge in [-0.1, -0.05) is 12.1 Å². The van der Waals surface area contributed by atoms with Crippen LogP contribution in [0, 0.1) is 45.3 Å². The van der Waals surface area contributed by atoms with E-state index in [4.69, 9.17) is 21.0 Å². The lowest BCUT2D eigenvalue weighted by atomic mass is 10.0. The summed E-state index contributed by atoms with van der Waals surface area (Å²) < 4.78 is 0. The third kappa shape index (κ3) is 3.84. The summed E-state index contributed by atoms with van der Waals surface area (Å²) in [6.07, 6.45) is 0.436. The molecule has 0 amide bonds. The van der Waals surface area contributed by atoms with E-state index in [9.17, 15) is 0 Å². The molecular weight excluding hydrogens is 262 g/mol. The summed E-state index contributed by atoms with van der Waals surface area (Å²) in [6, 6.07) is 14.5. The van der Waals surface area contributed by atoms with E-state index in [2.05, 4.69) is 6.07 Å². The molecule has 102 valence electrons. The van der Waals surface area contributed by atoms with Crippen molar-refractivity contribution >= 4 is 11.3 Å². The van der Waals surface area contributed by atoms with Crippen LogP contribution in [0.4, 0.5) is 5.69 Å². The van der Waals surface area contributed by atoms with Crippen molar-refractivity contribution in [3.8, 4) is 24.3 Å². The van der Waals surface area contributed by atoms with Gasteiger partial charge in [-0.3, -0.25) is 0 Å². The standard InChI is InChI=1S/C16H13N5/c1-2-21(9-3-8-17)15-6-4-13(5-7-15)16(12-20)14(10-18)11-19/h4-7H,2-3,9H2,1H3. The SMILES string of the molecule is CCN(CCC#N)c1ccc(C(C#N)=C(C#N)C#N)cc1. The zero-order valence-corrected chi connectivity index (χ0v) is 11.7. The number of nitrogens with zero attached hydrogens (tertiary/aromatic N) is 5. The van der Waals surface area contributed by atoms with E-state index in [1.54, 1.807) is 24.3 Å². The number of benzene rings is 1. The summed E-state index contributed by atoms with van der Waals surface area (Å²) in [5.41, 5.74) is 1.36. The Kier molecular flexibility index (Phi) is 6.01. The molecule has 0 spiro atoms. The number of rotatable bonds is 5. The van der Waals surface area contributed by atoms with E-state index < -0.39 is 0 Å². The molecule has 0 fully saturated rings. The van der Waals surface area contributed by atoms with Gasteiger partial charge in [0.2, 0.25) is 0 Å². The number of anilines is 1. The first kappa shape index (κ1) is 15.8. The average molecular weight is 275 g/mol. The maximum absolute atomic E-state index is 9.10. The highest BCUT2D eigenvalue weighted by Gasteiger charge is 2.10.